The molecule has 17 heavy (non-hydrogen) atoms. The molecule has 0 unspecified atom stereocenters. The molecule has 1 N–H and O–H groups in total. The third-order valence-corrected chi connectivity index (χ3v) is 2.87. The third kappa shape index (κ3) is 3.63. The minimum Gasteiger partial charge on any atom is -0.493 e. The molecule has 0 aliphatic rings. The van der Waals surface area contributed by atoms with Crippen LogP contribution in [-0.4, -0.2) is 26.3 Å². The molecular formula is C14H23NO2. The van der Waals surface area contributed by atoms with Crippen molar-refractivity contribution in [3.63, 3.8) is 0 Å². The molecule has 0 bridgehead atoms. The lowest BCUT2D eigenvalue weighted by Gasteiger charge is -2.25. The van der Waals surface area contributed by atoms with Gasteiger partial charge in [0.1, 0.15) is 0 Å². The summed E-state index contributed by atoms with van der Waals surface area (Å²) in [5, 5.41) is 3.30. The number of nitrogens with one attached hydrogen (secondary N) is 1. The molecule has 3 nitrogen and oxygen atoms in total. The first-order valence-corrected chi connectivity index (χ1v) is 6.01. The summed E-state index contributed by atoms with van der Waals surface area (Å²) in [6.45, 7) is 6.96. The topological polar surface area (TPSA) is 30.5 Å². The van der Waals surface area contributed by atoms with Crippen LogP contribution in [0.4, 0.5) is 0 Å². The van der Waals surface area contributed by atoms with Crippen molar-refractivity contribution in [1.82, 2.24) is 5.32 Å². The summed E-state index contributed by atoms with van der Waals surface area (Å²) in [6, 6.07) is 6.03. The van der Waals surface area contributed by atoms with Crippen molar-refractivity contribution < 1.29 is 9.47 Å². The minimum atomic E-state index is 0.0398. The number of likely N-dealkylation sites (N-methyl/N-ethyl adjacent to an activating group) is 1. The Labute approximate surface area is 104 Å². The molecule has 1 aromatic rings. The van der Waals surface area contributed by atoms with E-state index in [1.807, 2.05) is 26.1 Å². The molecule has 3 heteroatoms. The number of hydrogen-bond donors (Lipinski definition) is 1. The molecule has 0 saturated heterocycles. The molecule has 0 saturated carbocycles. The van der Waals surface area contributed by atoms with Gasteiger partial charge in [0.2, 0.25) is 0 Å². The normalized spacial score (nSPS) is 11.4. The lowest BCUT2D eigenvalue weighted by molar-refractivity contribution is 0.306. The van der Waals surface area contributed by atoms with Crippen LogP contribution in [-0.2, 0) is 6.42 Å². The fourth-order valence-corrected chi connectivity index (χ4v) is 1.77. The Morgan fingerprint density at radius 3 is 2.53 bits per heavy atom. The van der Waals surface area contributed by atoms with Gasteiger partial charge in [0, 0.05) is 5.54 Å². The Morgan fingerprint density at radius 1 is 1.29 bits per heavy atom. The zero-order valence-electron chi connectivity index (χ0n) is 11.5. The maximum absolute atomic E-state index is 5.57. The smallest absolute Gasteiger partial charge is 0.163 e. The molecule has 0 aliphatic carbocycles. The molecule has 1 rings (SSSR count). The number of hydrogen-bond acceptors (Lipinski definition) is 3. The van der Waals surface area contributed by atoms with E-state index in [2.05, 4.69) is 25.2 Å². The zero-order valence-corrected chi connectivity index (χ0v) is 11.5. The quantitative estimate of drug-likeness (QED) is 0.825. The van der Waals surface area contributed by atoms with Crippen LogP contribution in [0.15, 0.2) is 18.2 Å². The van der Waals surface area contributed by atoms with Crippen LogP contribution in [0, 0.1) is 0 Å². The van der Waals surface area contributed by atoms with Crippen molar-refractivity contribution in [2.45, 2.75) is 32.7 Å². The van der Waals surface area contributed by atoms with E-state index in [1.54, 1.807) is 7.11 Å². The van der Waals surface area contributed by atoms with Crippen LogP contribution in [0.5, 0.6) is 11.5 Å². The van der Waals surface area contributed by atoms with Crippen molar-refractivity contribution >= 4 is 0 Å². The summed E-state index contributed by atoms with van der Waals surface area (Å²) in [4.78, 5) is 0. The van der Waals surface area contributed by atoms with Crippen LogP contribution in [0.25, 0.3) is 0 Å². The number of methoxy groups -OCH3 is 1. The standard InChI is InChI=1S/C14H23NO2/c1-6-17-12-9-7-8-11(13(12)16-5)10-14(2,3)15-4/h7-9,15H,6,10H2,1-5H3. The van der Waals surface area contributed by atoms with E-state index in [1.165, 1.54) is 0 Å². The first-order chi connectivity index (χ1) is 8.04. The average molecular weight is 237 g/mol. The molecule has 0 spiro atoms. The lowest BCUT2D eigenvalue weighted by Crippen LogP contribution is -2.38. The number of para-hydroxylation sites is 1. The molecule has 0 fully saturated rings. The molecule has 0 aliphatic heterocycles. The summed E-state index contributed by atoms with van der Waals surface area (Å²) < 4.78 is 11.0. The van der Waals surface area contributed by atoms with Gasteiger partial charge in [0.15, 0.2) is 11.5 Å². The fraction of sp³-hybridized carbons (Fsp3) is 0.571. The Balaban J connectivity index is 3.02. The minimum absolute atomic E-state index is 0.0398. The van der Waals surface area contributed by atoms with Crippen molar-refractivity contribution in [2.75, 3.05) is 20.8 Å². The summed E-state index contributed by atoms with van der Waals surface area (Å²) in [5.74, 6) is 1.66. The monoisotopic (exact) mass is 237 g/mol. The summed E-state index contributed by atoms with van der Waals surface area (Å²) >= 11 is 0. The van der Waals surface area contributed by atoms with Gasteiger partial charge >= 0.3 is 0 Å². The molecule has 0 amide bonds. The molecule has 0 heterocycles. The summed E-state index contributed by atoms with van der Waals surface area (Å²) in [6.07, 6.45) is 0.896. The molecule has 0 aromatic heterocycles. The average Bonchev–Trinajstić information content (AvgIpc) is 2.29. The first-order valence-electron chi connectivity index (χ1n) is 6.01. The molecule has 96 valence electrons. The lowest BCUT2D eigenvalue weighted by atomic mass is 9.94. The first kappa shape index (κ1) is 13.8. The highest BCUT2D eigenvalue weighted by atomic mass is 16.5. The number of ether oxygens (including phenoxy) is 2. The van der Waals surface area contributed by atoms with E-state index >= 15 is 0 Å². The van der Waals surface area contributed by atoms with E-state index in [4.69, 9.17) is 9.47 Å². The van der Waals surface area contributed by atoms with E-state index in [0.29, 0.717) is 6.61 Å². The number of benzene rings is 1. The molecular weight excluding hydrogens is 214 g/mol. The SMILES string of the molecule is CCOc1cccc(CC(C)(C)NC)c1OC. The molecule has 1 aromatic carbocycles. The van der Waals surface area contributed by atoms with Gasteiger partial charge in [-0.3, -0.25) is 0 Å². The van der Waals surface area contributed by atoms with Gasteiger partial charge in [0.05, 0.1) is 13.7 Å². The van der Waals surface area contributed by atoms with E-state index in [9.17, 15) is 0 Å². The Morgan fingerprint density at radius 2 is 2.00 bits per heavy atom. The van der Waals surface area contributed by atoms with Crippen molar-refractivity contribution in [3.05, 3.63) is 23.8 Å². The second-order valence-electron chi connectivity index (χ2n) is 4.69. The molecule has 0 radical (unpaired) electrons. The fourth-order valence-electron chi connectivity index (χ4n) is 1.77. The summed E-state index contributed by atoms with van der Waals surface area (Å²) in [7, 11) is 3.66. The second kappa shape index (κ2) is 5.92. The van der Waals surface area contributed by atoms with E-state index < -0.39 is 0 Å². The van der Waals surface area contributed by atoms with Gasteiger partial charge in [0.25, 0.3) is 0 Å². The maximum Gasteiger partial charge on any atom is 0.163 e. The highest BCUT2D eigenvalue weighted by molar-refractivity contribution is 5.47. The zero-order chi connectivity index (χ0) is 12.9. The van der Waals surface area contributed by atoms with Gasteiger partial charge in [-0.05, 0) is 45.9 Å². The Kier molecular flexibility index (Phi) is 4.82. The van der Waals surface area contributed by atoms with Crippen molar-refractivity contribution in [3.8, 4) is 11.5 Å². The van der Waals surface area contributed by atoms with E-state index in [0.717, 1.165) is 23.5 Å². The second-order valence-corrected chi connectivity index (χ2v) is 4.69. The Bertz CT molecular complexity index is 361. The third-order valence-electron chi connectivity index (χ3n) is 2.87. The predicted octanol–water partition coefficient (Wildman–Crippen LogP) is 2.63. The van der Waals surface area contributed by atoms with Gasteiger partial charge in [-0.1, -0.05) is 12.1 Å². The molecule has 0 atom stereocenters. The van der Waals surface area contributed by atoms with Gasteiger partial charge < -0.3 is 14.8 Å². The maximum atomic E-state index is 5.57. The largest absolute Gasteiger partial charge is 0.493 e. The number of rotatable bonds is 6. The van der Waals surface area contributed by atoms with Crippen molar-refractivity contribution in [2.24, 2.45) is 0 Å². The van der Waals surface area contributed by atoms with Crippen LogP contribution in [0.1, 0.15) is 26.3 Å². The van der Waals surface area contributed by atoms with E-state index in [-0.39, 0.29) is 5.54 Å². The summed E-state index contributed by atoms with van der Waals surface area (Å²) in [5.41, 5.74) is 1.20. The van der Waals surface area contributed by atoms with Gasteiger partial charge in [-0.2, -0.15) is 0 Å². The highest BCUT2D eigenvalue weighted by Crippen LogP contribution is 2.33. The van der Waals surface area contributed by atoms with Gasteiger partial charge in [-0.15, -0.1) is 0 Å². The highest BCUT2D eigenvalue weighted by Gasteiger charge is 2.19. The van der Waals surface area contributed by atoms with Crippen LogP contribution < -0.4 is 14.8 Å². The van der Waals surface area contributed by atoms with Gasteiger partial charge in [-0.25, -0.2) is 0 Å². The van der Waals surface area contributed by atoms with Crippen molar-refractivity contribution in [1.29, 1.82) is 0 Å². The van der Waals surface area contributed by atoms with Crippen LogP contribution in [0.3, 0.4) is 0 Å². The predicted molar refractivity (Wildman–Crippen MR) is 71.0 cm³/mol. The Hall–Kier alpha value is -1.22. The van der Waals surface area contributed by atoms with Crippen LogP contribution in [0.2, 0.25) is 0 Å². The van der Waals surface area contributed by atoms with Crippen LogP contribution >= 0.6 is 0 Å².